The van der Waals surface area contributed by atoms with Crippen molar-refractivity contribution in [3.63, 3.8) is 0 Å². The summed E-state index contributed by atoms with van der Waals surface area (Å²) in [5.74, 6) is -0.285. The van der Waals surface area contributed by atoms with E-state index in [4.69, 9.17) is 0 Å². The highest BCUT2D eigenvalue weighted by Crippen LogP contribution is 2.30. The Hall–Kier alpha value is -3.10. The number of anilines is 2. The summed E-state index contributed by atoms with van der Waals surface area (Å²) in [6.07, 6.45) is -2.52. The second-order valence-electron chi connectivity index (χ2n) is 7.70. The van der Waals surface area contributed by atoms with Gasteiger partial charge >= 0.3 is 6.18 Å². The van der Waals surface area contributed by atoms with Crippen LogP contribution in [0.1, 0.15) is 29.5 Å². The second-order valence-corrected chi connectivity index (χ2v) is 7.70. The van der Waals surface area contributed by atoms with Gasteiger partial charge in [0.2, 0.25) is 11.8 Å². The van der Waals surface area contributed by atoms with Crippen molar-refractivity contribution in [2.75, 3.05) is 29.9 Å². The molecule has 0 saturated carbocycles. The van der Waals surface area contributed by atoms with Gasteiger partial charge in [0, 0.05) is 30.9 Å². The van der Waals surface area contributed by atoms with E-state index in [2.05, 4.69) is 15.6 Å². The first-order valence-electron chi connectivity index (χ1n) is 10.1. The SMILES string of the molecule is Cc1cccc(C)c1NC(=O)CNC(=O)C1CCN(c2ccc(C(F)(F)F)cn2)CC1. The van der Waals surface area contributed by atoms with Crippen molar-refractivity contribution in [1.29, 1.82) is 0 Å². The van der Waals surface area contributed by atoms with E-state index in [0.717, 1.165) is 29.1 Å². The number of aryl methyl sites for hydroxylation is 2. The number of benzene rings is 1. The lowest BCUT2D eigenvalue weighted by molar-refractivity contribution is -0.137. The standard InChI is InChI=1S/C22H25F3N4O2/c1-14-4-3-5-15(2)20(14)28-19(30)13-27-21(31)16-8-10-29(11-9-16)18-7-6-17(12-26-18)22(23,24)25/h3-7,12,16H,8-11,13H2,1-2H3,(H,27,31)(H,28,30). The van der Waals surface area contributed by atoms with Gasteiger partial charge in [-0.1, -0.05) is 18.2 Å². The molecule has 6 nitrogen and oxygen atoms in total. The van der Waals surface area contributed by atoms with Gasteiger partial charge in [0.25, 0.3) is 0 Å². The largest absolute Gasteiger partial charge is 0.417 e. The molecule has 9 heteroatoms. The first kappa shape index (κ1) is 22.6. The van der Waals surface area contributed by atoms with Crippen LogP contribution in [-0.2, 0) is 15.8 Å². The zero-order valence-corrected chi connectivity index (χ0v) is 17.4. The van der Waals surface area contributed by atoms with Crippen LogP contribution in [0.4, 0.5) is 24.7 Å². The number of nitrogens with zero attached hydrogens (tertiary/aromatic N) is 2. The predicted molar refractivity (Wildman–Crippen MR) is 112 cm³/mol. The zero-order valence-electron chi connectivity index (χ0n) is 17.4. The molecule has 2 amide bonds. The quantitative estimate of drug-likeness (QED) is 0.753. The van der Waals surface area contributed by atoms with Crippen LogP contribution < -0.4 is 15.5 Å². The molecule has 1 saturated heterocycles. The molecule has 0 spiro atoms. The Morgan fingerprint density at radius 2 is 1.74 bits per heavy atom. The third kappa shape index (κ3) is 5.74. The number of pyridine rings is 1. The normalized spacial score (nSPS) is 14.9. The van der Waals surface area contributed by atoms with Crippen LogP contribution in [0.2, 0.25) is 0 Å². The minimum atomic E-state index is -4.42. The Labute approximate surface area is 178 Å². The first-order valence-corrected chi connectivity index (χ1v) is 10.1. The third-order valence-electron chi connectivity index (χ3n) is 5.43. The fourth-order valence-electron chi connectivity index (χ4n) is 3.62. The fourth-order valence-corrected chi connectivity index (χ4v) is 3.62. The third-order valence-corrected chi connectivity index (χ3v) is 5.43. The summed E-state index contributed by atoms with van der Waals surface area (Å²) < 4.78 is 38.0. The van der Waals surface area contributed by atoms with Crippen LogP contribution in [-0.4, -0.2) is 36.4 Å². The number of alkyl halides is 3. The van der Waals surface area contributed by atoms with Gasteiger partial charge in [0.05, 0.1) is 12.1 Å². The molecule has 2 N–H and O–H groups in total. The summed E-state index contributed by atoms with van der Waals surface area (Å²) in [4.78, 5) is 30.4. The Balaban J connectivity index is 1.46. The number of carbonyl (C=O) groups is 2. The molecule has 2 heterocycles. The van der Waals surface area contributed by atoms with E-state index >= 15 is 0 Å². The molecular formula is C22H25F3N4O2. The number of nitrogens with one attached hydrogen (secondary N) is 2. The predicted octanol–water partition coefficient (Wildman–Crippen LogP) is 3.69. The van der Waals surface area contributed by atoms with E-state index < -0.39 is 11.7 Å². The van der Waals surface area contributed by atoms with E-state index in [9.17, 15) is 22.8 Å². The first-order chi connectivity index (χ1) is 14.6. The Morgan fingerprint density at radius 1 is 1.10 bits per heavy atom. The molecule has 1 fully saturated rings. The van der Waals surface area contributed by atoms with Crippen LogP contribution in [0, 0.1) is 19.8 Å². The van der Waals surface area contributed by atoms with E-state index in [1.807, 2.05) is 36.9 Å². The minimum Gasteiger partial charge on any atom is -0.357 e. The van der Waals surface area contributed by atoms with Gasteiger partial charge < -0.3 is 15.5 Å². The lowest BCUT2D eigenvalue weighted by atomic mass is 9.96. The number of para-hydroxylation sites is 1. The lowest BCUT2D eigenvalue weighted by Gasteiger charge is -2.32. The zero-order chi connectivity index (χ0) is 22.6. The monoisotopic (exact) mass is 434 g/mol. The van der Waals surface area contributed by atoms with Crippen LogP contribution >= 0.6 is 0 Å². The van der Waals surface area contributed by atoms with Gasteiger partial charge in [0.15, 0.2) is 0 Å². The average molecular weight is 434 g/mol. The highest BCUT2D eigenvalue weighted by molar-refractivity contribution is 5.96. The summed E-state index contributed by atoms with van der Waals surface area (Å²) in [6.45, 7) is 4.70. The Morgan fingerprint density at radius 3 is 2.29 bits per heavy atom. The number of amides is 2. The van der Waals surface area contributed by atoms with Crippen LogP contribution in [0.25, 0.3) is 0 Å². The molecular weight excluding hydrogens is 409 g/mol. The number of halogens is 3. The molecule has 0 radical (unpaired) electrons. The fraction of sp³-hybridized carbons (Fsp3) is 0.409. The van der Waals surface area contributed by atoms with Gasteiger partial charge in [-0.3, -0.25) is 9.59 Å². The summed E-state index contributed by atoms with van der Waals surface area (Å²) >= 11 is 0. The molecule has 1 aliphatic rings. The van der Waals surface area contributed by atoms with Crippen molar-refractivity contribution >= 4 is 23.3 Å². The van der Waals surface area contributed by atoms with Gasteiger partial charge in [-0.25, -0.2) is 4.98 Å². The van der Waals surface area contributed by atoms with Crippen molar-refractivity contribution in [2.24, 2.45) is 5.92 Å². The number of rotatable bonds is 5. The van der Waals surface area contributed by atoms with Crippen LogP contribution in [0.15, 0.2) is 36.5 Å². The van der Waals surface area contributed by atoms with E-state index in [1.165, 1.54) is 6.07 Å². The molecule has 1 aromatic carbocycles. The highest BCUT2D eigenvalue weighted by Gasteiger charge is 2.31. The molecule has 0 aliphatic carbocycles. The second kappa shape index (κ2) is 9.36. The van der Waals surface area contributed by atoms with E-state index in [-0.39, 0.29) is 24.3 Å². The van der Waals surface area contributed by atoms with Crippen molar-refractivity contribution < 1.29 is 22.8 Å². The maximum Gasteiger partial charge on any atom is 0.417 e. The van der Waals surface area contributed by atoms with Gasteiger partial charge in [-0.2, -0.15) is 13.2 Å². The molecule has 166 valence electrons. The average Bonchev–Trinajstić information content (AvgIpc) is 2.74. The van der Waals surface area contributed by atoms with Crippen LogP contribution in [0.5, 0.6) is 0 Å². The lowest BCUT2D eigenvalue weighted by Crippen LogP contribution is -2.42. The smallest absolute Gasteiger partial charge is 0.357 e. The Kier molecular flexibility index (Phi) is 6.82. The maximum absolute atomic E-state index is 12.7. The Bertz CT molecular complexity index is 917. The molecule has 2 aromatic rings. The number of aromatic nitrogens is 1. The minimum absolute atomic E-state index is 0.118. The topological polar surface area (TPSA) is 74.3 Å². The van der Waals surface area contributed by atoms with E-state index in [0.29, 0.717) is 31.7 Å². The summed E-state index contributed by atoms with van der Waals surface area (Å²) in [7, 11) is 0. The maximum atomic E-state index is 12.7. The van der Waals surface area contributed by atoms with Crippen molar-refractivity contribution in [2.45, 2.75) is 32.9 Å². The summed E-state index contributed by atoms with van der Waals surface area (Å²) in [5.41, 5.74) is 1.86. The molecule has 1 aromatic heterocycles. The summed E-state index contributed by atoms with van der Waals surface area (Å²) in [6, 6.07) is 8.08. The van der Waals surface area contributed by atoms with Gasteiger partial charge in [0.1, 0.15) is 5.82 Å². The number of hydrogen-bond donors (Lipinski definition) is 2. The highest BCUT2D eigenvalue weighted by atomic mass is 19.4. The molecule has 3 rings (SSSR count). The van der Waals surface area contributed by atoms with Gasteiger partial charge in [-0.05, 0) is 49.9 Å². The van der Waals surface area contributed by atoms with E-state index in [1.54, 1.807) is 0 Å². The van der Waals surface area contributed by atoms with Crippen molar-refractivity contribution in [3.8, 4) is 0 Å². The molecule has 0 atom stereocenters. The van der Waals surface area contributed by atoms with Crippen LogP contribution in [0.3, 0.4) is 0 Å². The molecule has 31 heavy (non-hydrogen) atoms. The molecule has 0 bridgehead atoms. The van der Waals surface area contributed by atoms with Crippen molar-refractivity contribution in [3.05, 3.63) is 53.2 Å². The number of carbonyl (C=O) groups excluding carboxylic acids is 2. The summed E-state index contributed by atoms with van der Waals surface area (Å²) in [5, 5.41) is 5.51. The van der Waals surface area contributed by atoms with Gasteiger partial charge in [-0.15, -0.1) is 0 Å². The number of piperidine rings is 1. The molecule has 1 aliphatic heterocycles. The number of hydrogen-bond acceptors (Lipinski definition) is 4. The molecule has 0 unspecified atom stereocenters. The van der Waals surface area contributed by atoms with Crippen molar-refractivity contribution in [1.82, 2.24) is 10.3 Å².